The zero-order valence-corrected chi connectivity index (χ0v) is 10.4. The van der Waals surface area contributed by atoms with E-state index in [2.05, 4.69) is 5.10 Å². The fraction of sp³-hybridized carbons (Fsp3) is 0.444. The molecule has 1 aromatic rings. The van der Waals surface area contributed by atoms with Gasteiger partial charge in [0.1, 0.15) is 5.15 Å². The van der Waals surface area contributed by atoms with Gasteiger partial charge in [-0.3, -0.25) is 19.2 Å². The minimum absolute atomic E-state index is 0.172. The van der Waals surface area contributed by atoms with Crippen LogP contribution in [0.15, 0.2) is 0 Å². The fourth-order valence-corrected chi connectivity index (χ4v) is 2.50. The van der Waals surface area contributed by atoms with E-state index in [4.69, 9.17) is 11.6 Å². The Morgan fingerprint density at radius 2 is 2.19 bits per heavy atom. The highest BCUT2D eigenvalue weighted by Gasteiger charge is 2.31. The first-order chi connectivity index (χ1) is 7.50. The summed E-state index contributed by atoms with van der Waals surface area (Å²) in [5, 5.41) is 4.38. The van der Waals surface area contributed by atoms with Gasteiger partial charge in [0.2, 0.25) is 5.91 Å². The summed E-state index contributed by atoms with van der Waals surface area (Å²) in [6, 6.07) is 0. The van der Waals surface area contributed by atoms with Crippen LogP contribution in [0.5, 0.6) is 0 Å². The predicted molar refractivity (Wildman–Crippen MR) is 61.4 cm³/mol. The second-order valence-electron chi connectivity index (χ2n) is 3.51. The van der Waals surface area contributed by atoms with Crippen molar-refractivity contribution in [2.45, 2.75) is 13.5 Å². The van der Waals surface area contributed by atoms with Crippen LogP contribution in [0.25, 0.3) is 0 Å². The molecule has 1 aromatic heterocycles. The molecule has 0 N–H and O–H groups in total. The van der Waals surface area contributed by atoms with Crippen molar-refractivity contribution in [1.29, 1.82) is 0 Å². The zero-order chi connectivity index (χ0) is 11.9. The van der Waals surface area contributed by atoms with Crippen molar-refractivity contribution in [2.24, 2.45) is 7.05 Å². The molecule has 2 rings (SSSR count). The van der Waals surface area contributed by atoms with E-state index in [9.17, 15) is 9.59 Å². The number of halogens is 1. The molecule has 0 atom stereocenters. The summed E-state index contributed by atoms with van der Waals surface area (Å²) in [5.74, 6) is 0.0461. The van der Waals surface area contributed by atoms with Gasteiger partial charge in [-0.25, -0.2) is 0 Å². The molecule has 2 amide bonds. The summed E-state index contributed by atoms with van der Waals surface area (Å²) >= 11 is 7.05. The number of amides is 2. The molecule has 1 aliphatic heterocycles. The highest BCUT2D eigenvalue weighted by Crippen LogP contribution is 2.25. The molecule has 1 fully saturated rings. The molecule has 0 aliphatic carbocycles. The van der Waals surface area contributed by atoms with E-state index in [1.54, 1.807) is 14.0 Å². The van der Waals surface area contributed by atoms with Crippen LogP contribution >= 0.6 is 23.4 Å². The third-order valence-corrected chi connectivity index (χ3v) is 3.76. The van der Waals surface area contributed by atoms with Crippen molar-refractivity contribution >= 4 is 34.5 Å². The largest absolute Gasteiger partial charge is 0.289 e. The second kappa shape index (κ2) is 4.10. The van der Waals surface area contributed by atoms with E-state index in [0.717, 1.165) is 23.0 Å². The SMILES string of the molecule is Cc1nn(C)c(Cl)c1CN1C(=O)CSC1=O. The third kappa shape index (κ3) is 1.82. The maximum absolute atomic E-state index is 11.4. The number of aryl methyl sites for hydroxylation is 2. The quantitative estimate of drug-likeness (QED) is 0.809. The monoisotopic (exact) mass is 259 g/mol. The molecule has 0 saturated carbocycles. The number of aromatic nitrogens is 2. The Morgan fingerprint density at radius 1 is 1.50 bits per heavy atom. The molecule has 0 aromatic carbocycles. The number of carbonyl (C=O) groups is 2. The van der Waals surface area contributed by atoms with Crippen LogP contribution in [0.3, 0.4) is 0 Å². The summed E-state index contributed by atoms with van der Waals surface area (Å²) in [5.41, 5.74) is 1.47. The molecule has 0 bridgehead atoms. The highest BCUT2D eigenvalue weighted by atomic mass is 35.5. The van der Waals surface area contributed by atoms with Gasteiger partial charge >= 0.3 is 0 Å². The number of hydrogen-bond acceptors (Lipinski definition) is 4. The Morgan fingerprint density at radius 3 is 2.62 bits per heavy atom. The Bertz CT molecular complexity index is 456. The molecular weight excluding hydrogens is 250 g/mol. The number of thioether (sulfide) groups is 1. The van der Waals surface area contributed by atoms with Crippen LogP contribution < -0.4 is 0 Å². The van der Waals surface area contributed by atoms with Crippen molar-refractivity contribution in [2.75, 3.05) is 5.75 Å². The lowest BCUT2D eigenvalue weighted by Gasteiger charge is -2.12. The first-order valence-electron chi connectivity index (χ1n) is 4.66. The summed E-state index contributed by atoms with van der Waals surface area (Å²) in [6.45, 7) is 2.02. The molecule has 0 spiro atoms. The van der Waals surface area contributed by atoms with Crippen LogP contribution in [-0.2, 0) is 18.4 Å². The number of rotatable bonds is 2. The first kappa shape index (κ1) is 11.5. The zero-order valence-electron chi connectivity index (χ0n) is 8.86. The lowest BCUT2D eigenvalue weighted by Crippen LogP contribution is -2.28. The molecule has 5 nitrogen and oxygen atoms in total. The lowest BCUT2D eigenvalue weighted by molar-refractivity contribution is -0.125. The minimum atomic E-state index is -0.218. The summed E-state index contributed by atoms with van der Waals surface area (Å²) < 4.78 is 1.53. The van der Waals surface area contributed by atoms with Gasteiger partial charge in [0.25, 0.3) is 5.24 Å². The summed E-state index contributed by atoms with van der Waals surface area (Å²) in [7, 11) is 1.72. The van der Waals surface area contributed by atoms with Crippen molar-refractivity contribution in [3.8, 4) is 0 Å². The smallest absolute Gasteiger partial charge is 0.273 e. The van der Waals surface area contributed by atoms with Gasteiger partial charge in [0.05, 0.1) is 18.0 Å². The normalized spacial score (nSPS) is 16.3. The highest BCUT2D eigenvalue weighted by molar-refractivity contribution is 8.14. The molecule has 16 heavy (non-hydrogen) atoms. The van der Waals surface area contributed by atoms with Crippen LogP contribution in [0.2, 0.25) is 5.15 Å². The molecule has 1 saturated heterocycles. The average molecular weight is 260 g/mol. The summed E-state index contributed by atoms with van der Waals surface area (Å²) in [4.78, 5) is 24.1. The maximum Gasteiger partial charge on any atom is 0.289 e. The van der Waals surface area contributed by atoms with Crippen LogP contribution in [-0.4, -0.2) is 31.6 Å². The van der Waals surface area contributed by atoms with Gasteiger partial charge in [0.15, 0.2) is 0 Å². The van der Waals surface area contributed by atoms with Crippen molar-refractivity contribution in [1.82, 2.24) is 14.7 Å². The standard InChI is InChI=1S/C9H10ClN3O2S/c1-5-6(8(10)12(2)11-5)3-13-7(14)4-16-9(13)15/h3-4H2,1-2H3. The van der Waals surface area contributed by atoms with E-state index in [1.165, 1.54) is 9.58 Å². The van der Waals surface area contributed by atoms with Gasteiger partial charge in [0, 0.05) is 12.6 Å². The van der Waals surface area contributed by atoms with Crippen LogP contribution in [0.1, 0.15) is 11.3 Å². The molecule has 1 aliphatic rings. The third-order valence-electron chi connectivity index (χ3n) is 2.43. The minimum Gasteiger partial charge on any atom is -0.273 e. The molecular formula is C9H10ClN3O2S. The van der Waals surface area contributed by atoms with Crippen molar-refractivity contribution < 1.29 is 9.59 Å². The molecule has 7 heteroatoms. The Balaban J connectivity index is 2.27. The molecule has 86 valence electrons. The fourth-order valence-electron chi connectivity index (χ4n) is 1.55. The van der Waals surface area contributed by atoms with Gasteiger partial charge < -0.3 is 0 Å². The van der Waals surface area contributed by atoms with Gasteiger partial charge in [-0.15, -0.1) is 0 Å². The average Bonchev–Trinajstić information content (AvgIpc) is 2.65. The number of nitrogens with zero attached hydrogens (tertiary/aromatic N) is 3. The Hall–Kier alpha value is -1.01. The second-order valence-corrected chi connectivity index (χ2v) is 4.80. The first-order valence-corrected chi connectivity index (χ1v) is 6.02. The predicted octanol–water partition coefficient (Wildman–Crippen LogP) is 1.58. The maximum atomic E-state index is 11.4. The molecule has 0 unspecified atom stereocenters. The van der Waals surface area contributed by atoms with Gasteiger partial charge in [-0.05, 0) is 6.92 Å². The van der Waals surface area contributed by atoms with Crippen molar-refractivity contribution in [3.05, 3.63) is 16.4 Å². The van der Waals surface area contributed by atoms with E-state index in [-0.39, 0.29) is 23.4 Å². The Labute approximate surface area is 102 Å². The topological polar surface area (TPSA) is 55.2 Å². The van der Waals surface area contributed by atoms with E-state index in [1.807, 2.05) is 0 Å². The van der Waals surface area contributed by atoms with Crippen molar-refractivity contribution in [3.63, 3.8) is 0 Å². The number of carbonyl (C=O) groups excluding carboxylic acids is 2. The lowest BCUT2D eigenvalue weighted by atomic mass is 10.2. The van der Waals surface area contributed by atoms with Gasteiger partial charge in [-0.1, -0.05) is 23.4 Å². The van der Waals surface area contributed by atoms with E-state index < -0.39 is 0 Å². The Kier molecular flexibility index (Phi) is 2.94. The number of imide groups is 1. The van der Waals surface area contributed by atoms with E-state index >= 15 is 0 Å². The van der Waals surface area contributed by atoms with Crippen LogP contribution in [0, 0.1) is 6.92 Å². The van der Waals surface area contributed by atoms with Gasteiger partial charge in [-0.2, -0.15) is 5.10 Å². The summed E-state index contributed by atoms with van der Waals surface area (Å²) in [6.07, 6.45) is 0. The van der Waals surface area contributed by atoms with Crippen LogP contribution in [0.4, 0.5) is 4.79 Å². The molecule has 2 heterocycles. The molecule has 0 radical (unpaired) electrons. The number of hydrogen-bond donors (Lipinski definition) is 0. The van der Waals surface area contributed by atoms with E-state index in [0.29, 0.717) is 5.15 Å².